The van der Waals surface area contributed by atoms with Crippen LogP contribution in [-0.2, 0) is 11.2 Å². The van der Waals surface area contributed by atoms with E-state index in [1.54, 1.807) is 25.1 Å². The molecule has 1 heterocycles. The van der Waals surface area contributed by atoms with E-state index in [0.29, 0.717) is 12.1 Å². The zero-order valence-electron chi connectivity index (χ0n) is 13.9. The predicted octanol–water partition coefficient (Wildman–Crippen LogP) is 2.22. The Morgan fingerprint density at radius 3 is 2.60 bits per heavy atom. The van der Waals surface area contributed by atoms with Crippen LogP contribution >= 0.6 is 0 Å². The number of hydrogen-bond acceptors (Lipinski definition) is 4. The number of nitro groups is 1. The number of benzene rings is 2. The monoisotopic (exact) mass is 339 g/mol. The van der Waals surface area contributed by atoms with Crippen molar-refractivity contribution in [2.45, 2.75) is 19.4 Å². The molecule has 0 fully saturated rings. The molecular weight excluding hydrogens is 322 g/mol. The molecule has 2 aromatic carbocycles. The minimum absolute atomic E-state index is 0.116. The van der Waals surface area contributed by atoms with Crippen molar-refractivity contribution >= 4 is 23.2 Å². The van der Waals surface area contributed by atoms with Gasteiger partial charge in [0.05, 0.1) is 4.92 Å². The Labute approximate surface area is 144 Å². The molecular formula is C18H17N3O4. The number of hydrogen-bond donors (Lipinski definition) is 1. The van der Waals surface area contributed by atoms with Crippen LogP contribution in [0.4, 0.5) is 11.4 Å². The van der Waals surface area contributed by atoms with Crippen molar-refractivity contribution in [1.29, 1.82) is 0 Å². The fourth-order valence-electron chi connectivity index (χ4n) is 3.20. The second-order valence-electron chi connectivity index (χ2n) is 5.84. The highest BCUT2D eigenvalue weighted by Crippen LogP contribution is 2.34. The molecule has 0 saturated heterocycles. The van der Waals surface area contributed by atoms with Gasteiger partial charge in [-0.2, -0.15) is 0 Å². The minimum Gasteiger partial charge on any atom is -0.357 e. The third-order valence-electron chi connectivity index (χ3n) is 4.48. The van der Waals surface area contributed by atoms with Crippen LogP contribution < -0.4 is 10.2 Å². The third kappa shape index (κ3) is 2.73. The summed E-state index contributed by atoms with van der Waals surface area (Å²) in [6, 6.07) is 11.0. The largest absolute Gasteiger partial charge is 0.357 e. The van der Waals surface area contributed by atoms with Crippen LogP contribution in [0.1, 0.15) is 21.5 Å². The average Bonchev–Trinajstić information content (AvgIpc) is 3.00. The van der Waals surface area contributed by atoms with Gasteiger partial charge < -0.3 is 5.32 Å². The molecule has 1 N–H and O–H groups in total. The molecule has 0 bridgehead atoms. The Morgan fingerprint density at radius 2 is 1.92 bits per heavy atom. The maximum absolute atomic E-state index is 13.2. The Balaban J connectivity index is 2.09. The molecule has 1 aliphatic rings. The highest BCUT2D eigenvalue weighted by molar-refractivity contribution is 6.12. The van der Waals surface area contributed by atoms with E-state index in [1.165, 1.54) is 24.1 Å². The molecule has 0 radical (unpaired) electrons. The topological polar surface area (TPSA) is 92.6 Å². The van der Waals surface area contributed by atoms with Gasteiger partial charge in [-0.1, -0.05) is 24.3 Å². The number of carbonyl (C=O) groups is 2. The lowest BCUT2D eigenvalue weighted by atomic mass is 10.0. The standard InChI is InChI=1S/C18H17N3O4/c1-11-13(7-5-9-14(11)21(24)25)18(23)20-15-8-4-3-6-12(15)10-16(20)17(22)19-2/h3-9,16H,10H2,1-2H3,(H,19,22). The van der Waals surface area contributed by atoms with E-state index in [2.05, 4.69) is 5.32 Å². The maximum Gasteiger partial charge on any atom is 0.273 e. The van der Waals surface area contributed by atoms with Crippen LogP contribution in [0.15, 0.2) is 42.5 Å². The van der Waals surface area contributed by atoms with Gasteiger partial charge in [0, 0.05) is 36.3 Å². The Kier molecular flexibility index (Phi) is 4.22. The van der Waals surface area contributed by atoms with E-state index in [9.17, 15) is 19.7 Å². The molecule has 25 heavy (non-hydrogen) atoms. The number of nitrogens with one attached hydrogen (secondary N) is 1. The van der Waals surface area contributed by atoms with Crippen LogP contribution in [0, 0.1) is 17.0 Å². The van der Waals surface area contributed by atoms with E-state index in [-0.39, 0.29) is 22.7 Å². The number of nitrogens with zero attached hydrogens (tertiary/aromatic N) is 2. The fraction of sp³-hybridized carbons (Fsp3) is 0.222. The van der Waals surface area contributed by atoms with Gasteiger partial charge in [0.1, 0.15) is 6.04 Å². The van der Waals surface area contributed by atoms with Gasteiger partial charge in [-0.25, -0.2) is 0 Å². The van der Waals surface area contributed by atoms with Gasteiger partial charge in [0.25, 0.3) is 11.6 Å². The van der Waals surface area contributed by atoms with Gasteiger partial charge in [0.15, 0.2) is 0 Å². The molecule has 0 spiro atoms. The van der Waals surface area contributed by atoms with Crippen molar-refractivity contribution in [3.05, 3.63) is 69.3 Å². The molecule has 0 saturated carbocycles. The van der Waals surface area contributed by atoms with Crippen LogP contribution in [0.3, 0.4) is 0 Å². The van der Waals surface area contributed by atoms with E-state index in [1.807, 2.05) is 12.1 Å². The summed E-state index contributed by atoms with van der Waals surface area (Å²) in [7, 11) is 1.52. The summed E-state index contributed by atoms with van der Waals surface area (Å²) in [6.07, 6.45) is 0.412. The highest BCUT2D eigenvalue weighted by Gasteiger charge is 2.39. The van der Waals surface area contributed by atoms with Crippen molar-refractivity contribution in [1.82, 2.24) is 5.32 Å². The molecule has 1 unspecified atom stereocenters. The zero-order chi connectivity index (χ0) is 18.1. The molecule has 2 aromatic rings. The van der Waals surface area contributed by atoms with E-state index in [4.69, 9.17) is 0 Å². The molecule has 3 rings (SSSR count). The minimum atomic E-state index is -0.673. The molecule has 7 nitrogen and oxygen atoms in total. The van der Waals surface area contributed by atoms with E-state index < -0.39 is 16.9 Å². The lowest BCUT2D eigenvalue weighted by Crippen LogP contribution is -2.47. The number of carbonyl (C=O) groups excluding carboxylic acids is 2. The highest BCUT2D eigenvalue weighted by atomic mass is 16.6. The summed E-state index contributed by atoms with van der Waals surface area (Å²) in [5.74, 6) is -0.688. The Hall–Kier alpha value is -3.22. The van der Waals surface area contributed by atoms with Crippen molar-refractivity contribution in [2.75, 3.05) is 11.9 Å². The average molecular weight is 339 g/mol. The zero-order valence-corrected chi connectivity index (χ0v) is 13.9. The Bertz CT molecular complexity index is 878. The number of fused-ring (bicyclic) bond motifs is 1. The van der Waals surface area contributed by atoms with Gasteiger partial charge >= 0.3 is 0 Å². The van der Waals surface area contributed by atoms with Crippen LogP contribution in [-0.4, -0.2) is 29.8 Å². The maximum atomic E-state index is 13.2. The molecule has 7 heteroatoms. The summed E-state index contributed by atoms with van der Waals surface area (Å²) in [6.45, 7) is 1.54. The summed E-state index contributed by atoms with van der Waals surface area (Å²) < 4.78 is 0. The van der Waals surface area contributed by atoms with Gasteiger partial charge in [-0.15, -0.1) is 0 Å². The summed E-state index contributed by atoms with van der Waals surface area (Å²) >= 11 is 0. The predicted molar refractivity (Wildman–Crippen MR) is 92.6 cm³/mol. The first-order valence-electron chi connectivity index (χ1n) is 7.82. The van der Waals surface area contributed by atoms with Gasteiger partial charge in [0.2, 0.25) is 5.91 Å². The quantitative estimate of drug-likeness (QED) is 0.685. The summed E-state index contributed by atoms with van der Waals surface area (Å²) in [4.78, 5) is 37.5. The lowest BCUT2D eigenvalue weighted by molar-refractivity contribution is -0.385. The van der Waals surface area contributed by atoms with Crippen molar-refractivity contribution in [2.24, 2.45) is 0 Å². The van der Waals surface area contributed by atoms with E-state index in [0.717, 1.165) is 5.56 Å². The smallest absolute Gasteiger partial charge is 0.273 e. The fourth-order valence-corrected chi connectivity index (χ4v) is 3.20. The first-order valence-corrected chi connectivity index (χ1v) is 7.82. The second-order valence-corrected chi connectivity index (χ2v) is 5.84. The number of para-hydroxylation sites is 1. The van der Waals surface area contributed by atoms with Crippen molar-refractivity contribution < 1.29 is 14.5 Å². The number of nitro benzene ring substituents is 1. The first kappa shape index (κ1) is 16.6. The normalized spacial score (nSPS) is 15.6. The van der Waals surface area contributed by atoms with Crippen molar-refractivity contribution in [3.8, 4) is 0 Å². The van der Waals surface area contributed by atoms with Crippen LogP contribution in [0.5, 0.6) is 0 Å². The van der Waals surface area contributed by atoms with Crippen molar-refractivity contribution in [3.63, 3.8) is 0 Å². The van der Waals surface area contributed by atoms with Crippen LogP contribution in [0.2, 0.25) is 0 Å². The molecule has 2 amide bonds. The molecule has 1 atom stereocenters. The van der Waals surface area contributed by atoms with Gasteiger partial charge in [-0.05, 0) is 24.6 Å². The third-order valence-corrected chi connectivity index (χ3v) is 4.48. The lowest BCUT2D eigenvalue weighted by Gasteiger charge is -2.25. The number of anilines is 1. The Morgan fingerprint density at radius 1 is 1.20 bits per heavy atom. The molecule has 0 aliphatic carbocycles. The van der Waals surface area contributed by atoms with Gasteiger partial charge in [-0.3, -0.25) is 24.6 Å². The molecule has 128 valence electrons. The number of likely N-dealkylation sites (N-methyl/N-ethyl adjacent to an activating group) is 1. The summed E-state index contributed by atoms with van der Waals surface area (Å²) in [5, 5.41) is 13.7. The van der Waals surface area contributed by atoms with Crippen LogP contribution in [0.25, 0.3) is 0 Å². The SMILES string of the molecule is CNC(=O)C1Cc2ccccc2N1C(=O)c1cccc([N+](=O)[O-])c1C. The number of rotatable bonds is 3. The van der Waals surface area contributed by atoms with E-state index >= 15 is 0 Å². The summed E-state index contributed by atoms with van der Waals surface area (Å²) in [5.41, 5.74) is 1.95. The second kappa shape index (κ2) is 6.35. The number of amides is 2. The molecule has 0 aromatic heterocycles. The first-order chi connectivity index (χ1) is 12.0. The molecule has 1 aliphatic heterocycles.